The average molecular weight is 249 g/mol. The zero-order valence-electron chi connectivity index (χ0n) is 9.50. The summed E-state index contributed by atoms with van der Waals surface area (Å²) in [4.78, 5) is 2.75. The minimum Gasteiger partial charge on any atom is -0.515 e. The summed E-state index contributed by atoms with van der Waals surface area (Å²) in [5.41, 5.74) is 1.63. The standard InChI is InChI=1S/C13H15NO2S/c15-10-12(11-4-2-1-3-5-11)13(17)14-6-8-16-9-7-14/h1-5,10,15H,6-9H2/b12-10+. The summed E-state index contributed by atoms with van der Waals surface area (Å²) in [6.07, 6.45) is 1.09. The van der Waals surface area contributed by atoms with Crippen molar-refractivity contribution in [3.8, 4) is 0 Å². The molecule has 90 valence electrons. The van der Waals surface area contributed by atoms with Crippen molar-refractivity contribution in [1.29, 1.82) is 0 Å². The van der Waals surface area contributed by atoms with Crippen LogP contribution in [0.4, 0.5) is 0 Å². The van der Waals surface area contributed by atoms with E-state index in [2.05, 4.69) is 4.90 Å². The van der Waals surface area contributed by atoms with Crippen molar-refractivity contribution in [3.63, 3.8) is 0 Å². The number of rotatable bonds is 2. The first-order chi connectivity index (χ1) is 8.33. The van der Waals surface area contributed by atoms with E-state index in [1.807, 2.05) is 30.3 Å². The van der Waals surface area contributed by atoms with Crippen LogP contribution >= 0.6 is 12.2 Å². The van der Waals surface area contributed by atoms with Crippen LogP contribution in [0.2, 0.25) is 0 Å². The van der Waals surface area contributed by atoms with Crippen LogP contribution in [0.25, 0.3) is 5.57 Å². The van der Waals surface area contributed by atoms with Crippen LogP contribution in [-0.4, -0.2) is 41.3 Å². The van der Waals surface area contributed by atoms with E-state index in [0.29, 0.717) is 23.8 Å². The van der Waals surface area contributed by atoms with Gasteiger partial charge < -0.3 is 14.7 Å². The molecule has 0 spiro atoms. The summed E-state index contributed by atoms with van der Waals surface area (Å²) in [5.74, 6) is 0. The molecular formula is C13H15NO2S. The first kappa shape index (κ1) is 12.1. The molecule has 1 aromatic carbocycles. The third-order valence-corrected chi connectivity index (χ3v) is 3.22. The highest BCUT2D eigenvalue weighted by Crippen LogP contribution is 2.18. The molecule has 0 radical (unpaired) electrons. The first-order valence-electron chi connectivity index (χ1n) is 5.60. The van der Waals surface area contributed by atoms with Crippen molar-refractivity contribution < 1.29 is 9.84 Å². The van der Waals surface area contributed by atoms with Crippen molar-refractivity contribution in [2.45, 2.75) is 0 Å². The molecule has 0 bridgehead atoms. The van der Waals surface area contributed by atoms with E-state index >= 15 is 0 Å². The van der Waals surface area contributed by atoms with Crippen molar-refractivity contribution in [2.24, 2.45) is 0 Å². The van der Waals surface area contributed by atoms with Gasteiger partial charge in [-0.15, -0.1) is 0 Å². The van der Waals surface area contributed by atoms with E-state index in [-0.39, 0.29) is 0 Å². The Morgan fingerprint density at radius 3 is 2.47 bits per heavy atom. The van der Waals surface area contributed by atoms with E-state index in [0.717, 1.165) is 24.9 Å². The lowest BCUT2D eigenvalue weighted by Crippen LogP contribution is -2.40. The van der Waals surface area contributed by atoms with Gasteiger partial charge in [0.05, 0.1) is 25.0 Å². The van der Waals surface area contributed by atoms with Gasteiger partial charge in [0, 0.05) is 13.1 Å². The molecule has 4 heteroatoms. The van der Waals surface area contributed by atoms with Crippen molar-refractivity contribution in [3.05, 3.63) is 42.2 Å². The molecule has 1 aliphatic rings. The van der Waals surface area contributed by atoms with Gasteiger partial charge in [0.25, 0.3) is 0 Å². The third kappa shape index (κ3) is 2.84. The summed E-state index contributed by atoms with van der Waals surface area (Å²) in [6.45, 7) is 2.94. The highest BCUT2D eigenvalue weighted by molar-refractivity contribution is 7.81. The van der Waals surface area contributed by atoms with E-state index in [9.17, 15) is 5.11 Å². The monoisotopic (exact) mass is 249 g/mol. The Kier molecular flexibility index (Phi) is 4.12. The quantitative estimate of drug-likeness (QED) is 0.495. The second-order valence-electron chi connectivity index (χ2n) is 3.81. The van der Waals surface area contributed by atoms with Gasteiger partial charge in [-0.25, -0.2) is 0 Å². The van der Waals surface area contributed by atoms with E-state index in [1.165, 1.54) is 0 Å². The molecule has 0 unspecified atom stereocenters. The minimum atomic E-state index is 0.682. The molecule has 2 rings (SSSR count). The SMILES string of the molecule is O/C=C(/C(=S)N1CCOCC1)c1ccccc1. The maximum Gasteiger partial charge on any atom is 0.113 e. The van der Waals surface area contributed by atoms with Gasteiger partial charge in [0.15, 0.2) is 0 Å². The van der Waals surface area contributed by atoms with Gasteiger partial charge in [-0.05, 0) is 5.56 Å². The maximum absolute atomic E-state index is 9.37. The average Bonchev–Trinajstić information content (AvgIpc) is 2.42. The van der Waals surface area contributed by atoms with Crippen LogP contribution < -0.4 is 0 Å². The van der Waals surface area contributed by atoms with Gasteiger partial charge in [-0.2, -0.15) is 0 Å². The number of aliphatic hydroxyl groups excluding tert-OH is 1. The Morgan fingerprint density at radius 1 is 1.24 bits per heavy atom. The highest BCUT2D eigenvalue weighted by Gasteiger charge is 2.18. The third-order valence-electron chi connectivity index (χ3n) is 2.74. The van der Waals surface area contributed by atoms with Crippen LogP contribution in [0.1, 0.15) is 5.56 Å². The Balaban J connectivity index is 2.16. The van der Waals surface area contributed by atoms with Crippen molar-refractivity contribution in [2.75, 3.05) is 26.3 Å². The molecule has 17 heavy (non-hydrogen) atoms. The molecule has 1 N–H and O–H groups in total. The zero-order chi connectivity index (χ0) is 12.1. The van der Waals surface area contributed by atoms with Crippen molar-refractivity contribution >= 4 is 22.8 Å². The van der Waals surface area contributed by atoms with Gasteiger partial charge in [-0.3, -0.25) is 0 Å². The number of morpholine rings is 1. The molecule has 1 aromatic rings. The lowest BCUT2D eigenvalue weighted by molar-refractivity contribution is 0.0696. The van der Waals surface area contributed by atoms with Crippen molar-refractivity contribution in [1.82, 2.24) is 4.90 Å². The topological polar surface area (TPSA) is 32.7 Å². The second kappa shape index (κ2) is 5.80. The fourth-order valence-electron chi connectivity index (χ4n) is 1.81. The largest absolute Gasteiger partial charge is 0.515 e. The normalized spacial score (nSPS) is 16.9. The molecule has 0 aromatic heterocycles. The van der Waals surface area contributed by atoms with Crippen LogP contribution in [0.5, 0.6) is 0 Å². The predicted molar refractivity (Wildman–Crippen MR) is 72.0 cm³/mol. The smallest absolute Gasteiger partial charge is 0.113 e. The lowest BCUT2D eigenvalue weighted by Gasteiger charge is -2.30. The number of ether oxygens (including phenoxy) is 1. The highest BCUT2D eigenvalue weighted by atomic mass is 32.1. The number of aliphatic hydroxyl groups is 1. The van der Waals surface area contributed by atoms with Gasteiger partial charge in [0.2, 0.25) is 0 Å². The van der Waals surface area contributed by atoms with E-state index in [4.69, 9.17) is 17.0 Å². The number of nitrogens with zero attached hydrogens (tertiary/aromatic N) is 1. The summed E-state index contributed by atoms with van der Waals surface area (Å²) in [5, 5.41) is 9.37. The fourth-order valence-corrected chi connectivity index (χ4v) is 2.16. The number of benzene rings is 1. The zero-order valence-corrected chi connectivity index (χ0v) is 10.3. The van der Waals surface area contributed by atoms with Crippen LogP contribution in [0.3, 0.4) is 0 Å². The molecule has 0 amide bonds. The molecule has 0 aliphatic carbocycles. The van der Waals surface area contributed by atoms with Gasteiger partial charge >= 0.3 is 0 Å². The fraction of sp³-hybridized carbons (Fsp3) is 0.308. The molecule has 0 atom stereocenters. The van der Waals surface area contributed by atoms with E-state index < -0.39 is 0 Å². The summed E-state index contributed by atoms with van der Waals surface area (Å²) in [7, 11) is 0. The Bertz CT molecular complexity index is 411. The summed E-state index contributed by atoms with van der Waals surface area (Å²) >= 11 is 5.42. The number of hydrogen-bond donors (Lipinski definition) is 1. The molecule has 1 saturated heterocycles. The second-order valence-corrected chi connectivity index (χ2v) is 4.20. The summed E-state index contributed by atoms with van der Waals surface area (Å²) in [6, 6.07) is 9.68. The molecule has 3 nitrogen and oxygen atoms in total. The first-order valence-corrected chi connectivity index (χ1v) is 6.00. The number of thiocarbonyl (C=S) groups is 1. The van der Waals surface area contributed by atoms with E-state index in [1.54, 1.807) is 0 Å². The van der Waals surface area contributed by atoms with Gasteiger partial charge in [-0.1, -0.05) is 42.5 Å². The summed E-state index contributed by atoms with van der Waals surface area (Å²) < 4.78 is 5.29. The van der Waals surface area contributed by atoms with Crippen LogP contribution in [-0.2, 0) is 4.74 Å². The Labute approximate surface area is 106 Å². The molecule has 1 fully saturated rings. The Morgan fingerprint density at radius 2 is 1.88 bits per heavy atom. The number of hydrogen-bond acceptors (Lipinski definition) is 3. The molecule has 1 aliphatic heterocycles. The van der Waals surface area contributed by atoms with Crippen LogP contribution in [0.15, 0.2) is 36.6 Å². The minimum absolute atomic E-state index is 0.682. The Hall–Kier alpha value is -1.39. The molecule has 1 heterocycles. The lowest BCUT2D eigenvalue weighted by atomic mass is 10.1. The molecule has 0 saturated carbocycles. The predicted octanol–water partition coefficient (Wildman–Crippen LogP) is 2.25. The van der Waals surface area contributed by atoms with Crippen LogP contribution in [0, 0.1) is 0 Å². The molecular weight excluding hydrogens is 234 g/mol. The maximum atomic E-state index is 9.37. The van der Waals surface area contributed by atoms with Gasteiger partial charge in [0.1, 0.15) is 4.99 Å².